The van der Waals surface area contributed by atoms with Crippen molar-refractivity contribution < 1.29 is 0 Å². The molecule has 0 heterocycles. The Kier molecular flexibility index (Phi) is 12.1. The molecular formula is C15H26. The highest BCUT2D eigenvalue weighted by Crippen LogP contribution is 2.10. The molecule has 0 aliphatic heterocycles. The molecule has 0 fully saturated rings. The van der Waals surface area contributed by atoms with E-state index >= 15 is 0 Å². The van der Waals surface area contributed by atoms with Crippen molar-refractivity contribution in [3.8, 4) is 0 Å². The number of aryl methyl sites for hydroxylation is 1. The van der Waals surface area contributed by atoms with Crippen LogP contribution in [0.25, 0.3) is 0 Å². The average molecular weight is 206 g/mol. The van der Waals surface area contributed by atoms with Crippen LogP contribution in [0.5, 0.6) is 0 Å². The summed E-state index contributed by atoms with van der Waals surface area (Å²) in [6, 6.07) is 8.44. The average Bonchev–Trinajstić information content (AvgIpc) is 2.27. The van der Waals surface area contributed by atoms with Gasteiger partial charge in [-0.05, 0) is 31.4 Å². The quantitative estimate of drug-likeness (QED) is 0.586. The van der Waals surface area contributed by atoms with Crippen molar-refractivity contribution in [1.29, 1.82) is 0 Å². The fraction of sp³-hybridized carbons (Fsp3) is 0.467. The second-order valence-electron chi connectivity index (χ2n) is 3.06. The largest absolute Gasteiger partial charge is 0.0998 e. The van der Waals surface area contributed by atoms with Crippen LogP contribution in [0.15, 0.2) is 36.4 Å². The first-order valence-electron chi connectivity index (χ1n) is 5.89. The van der Waals surface area contributed by atoms with Crippen LogP contribution in [-0.2, 0) is 6.42 Å². The first-order valence-corrected chi connectivity index (χ1v) is 5.89. The number of rotatable bonds is 2. The molecule has 0 saturated carbocycles. The highest BCUT2D eigenvalue weighted by Gasteiger charge is 1.95. The Morgan fingerprint density at radius 3 is 1.93 bits per heavy atom. The van der Waals surface area contributed by atoms with E-state index < -0.39 is 0 Å². The van der Waals surface area contributed by atoms with E-state index in [0.717, 1.165) is 6.42 Å². The van der Waals surface area contributed by atoms with Gasteiger partial charge in [0.15, 0.2) is 0 Å². The molecule has 0 heteroatoms. The number of hydrogen-bond acceptors (Lipinski definition) is 0. The maximum atomic E-state index is 3.89. The first kappa shape index (κ1) is 16.4. The summed E-state index contributed by atoms with van der Waals surface area (Å²) in [4.78, 5) is 0. The molecule has 1 aromatic rings. The Morgan fingerprint density at radius 2 is 1.53 bits per heavy atom. The third kappa shape index (κ3) is 7.99. The Labute approximate surface area is 96.0 Å². The monoisotopic (exact) mass is 206 g/mol. The minimum atomic E-state index is 1.01. The van der Waals surface area contributed by atoms with E-state index in [-0.39, 0.29) is 0 Å². The van der Waals surface area contributed by atoms with E-state index in [0.29, 0.717) is 0 Å². The number of hydrogen-bond donors (Lipinski definition) is 0. The fourth-order valence-corrected chi connectivity index (χ4v) is 1.13. The van der Waals surface area contributed by atoms with Crippen LogP contribution in [-0.4, -0.2) is 0 Å². The molecule has 0 nitrogen and oxygen atoms in total. The van der Waals surface area contributed by atoms with Crippen LogP contribution in [0.2, 0.25) is 0 Å². The van der Waals surface area contributed by atoms with Crippen LogP contribution in [0, 0.1) is 6.92 Å². The van der Waals surface area contributed by atoms with Gasteiger partial charge in [-0.15, -0.1) is 0 Å². The van der Waals surface area contributed by atoms with Crippen LogP contribution in [0.3, 0.4) is 0 Å². The molecule has 0 unspecified atom stereocenters. The second-order valence-corrected chi connectivity index (χ2v) is 3.06. The summed E-state index contributed by atoms with van der Waals surface area (Å²) in [7, 11) is 0. The summed E-state index contributed by atoms with van der Waals surface area (Å²) in [6.07, 6.45) is 1.01. The summed E-state index contributed by atoms with van der Waals surface area (Å²) < 4.78 is 0. The predicted molar refractivity (Wildman–Crippen MR) is 72.4 cm³/mol. The molecule has 0 spiro atoms. The summed E-state index contributed by atoms with van der Waals surface area (Å²) in [6.45, 7) is 16.1. The fourth-order valence-electron chi connectivity index (χ4n) is 1.13. The van der Waals surface area contributed by atoms with Crippen LogP contribution in [0.1, 0.15) is 45.7 Å². The molecule has 0 N–H and O–H groups in total. The van der Waals surface area contributed by atoms with Crippen molar-refractivity contribution in [2.75, 3.05) is 0 Å². The summed E-state index contributed by atoms with van der Waals surface area (Å²) in [5.41, 5.74) is 3.97. The van der Waals surface area contributed by atoms with Crippen molar-refractivity contribution in [2.24, 2.45) is 0 Å². The van der Waals surface area contributed by atoms with Gasteiger partial charge >= 0.3 is 0 Å². The van der Waals surface area contributed by atoms with Crippen molar-refractivity contribution in [1.82, 2.24) is 0 Å². The van der Waals surface area contributed by atoms with E-state index in [2.05, 4.69) is 44.7 Å². The molecule has 15 heavy (non-hydrogen) atoms. The normalized spacial score (nSPS) is 7.87. The minimum absolute atomic E-state index is 1.01. The topological polar surface area (TPSA) is 0 Å². The van der Waals surface area contributed by atoms with Gasteiger partial charge in [0.2, 0.25) is 0 Å². The van der Waals surface area contributed by atoms with Gasteiger partial charge in [-0.3, -0.25) is 0 Å². The summed E-state index contributed by atoms with van der Waals surface area (Å²) >= 11 is 0. The lowest BCUT2D eigenvalue weighted by Gasteiger charge is -2.03. The van der Waals surface area contributed by atoms with E-state index in [9.17, 15) is 0 Å². The zero-order valence-electron chi connectivity index (χ0n) is 11.2. The number of allylic oxidation sites excluding steroid dienone is 1. The molecule has 0 radical (unpaired) electrons. The first-order chi connectivity index (χ1) is 7.20. The molecular weight excluding hydrogens is 180 g/mol. The SMILES string of the molecule is C=C(C)Cc1ccccc1C.CC.CC. The van der Waals surface area contributed by atoms with Crippen LogP contribution >= 0.6 is 0 Å². The van der Waals surface area contributed by atoms with Gasteiger partial charge < -0.3 is 0 Å². The Bertz CT molecular complexity index is 258. The molecule has 1 rings (SSSR count). The van der Waals surface area contributed by atoms with E-state index in [1.54, 1.807) is 0 Å². The lowest BCUT2D eigenvalue weighted by Crippen LogP contribution is -1.88. The second kappa shape index (κ2) is 11.0. The molecule has 0 aromatic heterocycles. The van der Waals surface area contributed by atoms with E-state index in [1.807, 2.05) is 27.7 Å². The molecule has 0 bridgehead atoms. The standard InChI is InChI=1S/C11H14.2C2H6/c1-9(2)8-11-7-5-4-6-10(11)3;2*1-2/h4-7H,1,8H2,2-3H3;2*1-2H3. The van der Waals surface area contributed by atoms with Crippen molar-refractivity contribution in [3.63, 3.8) is 0 Å². The van der Waals surface area contributed by atoms with Crippen molar-refractivity contribution >= 4 is 0 Å². The minimum Gasteiger partial charge on any atom is -0.0998 e. The Balaban J connectivity index is 0. The van der Waals surface area contributed by atoms with Gasteiger partial charge in [-0.2, -0.15) is 0 Å². The van der Waals surface area contributed by atoms with Gasteiger partial charge in [-0.25, -0.2) is 0 Å². The third-order valence-electron chi connectivity index (χ3n) is 1.75. The molecule has 0 atom stereocenters. The highest BCUT2D eigenvalue weighted by molar-refractivity contribution is 5.28. The molecule has 86 valence electrons. The van der Waals surface area contributed by atoms with Crippen molar-refractivity contribution in [2.45, 2.75) is 48.0 Å². The lowest BCUT2D eigenvalue weighted by atomic mass is 10.0. The molecule has 1 aromatic carbocycles. The van der Waals surface area contributed by atoms with Crippen LogP contribution < -0.4 is 0 Å². The third-order valence-corrected chi connectivity index (χ3v) is 1.75. The van der Waals surface area contributed by atoms with Gasteiger partial charge in [0.25, 0.3) is 0 Å². The van der Waals surface area contributed by atoms with Gasteiger partial charge in [0.05, 0.1) is 0 Å². The number of benzene rings is 1. The van der Waals surface area contributed by atoms with Gasteiger partial charge in [0.1, 0.15) is 0 Å². The zero-order chi connectivity index (χ0) is 12.3. The zero-order valence-corrected chi connectivity index (χ0v) is 11.2. The van der Waals surface area contributed by atoms with Gasteiger partial charge in [-0.1, -0.05) is 64.1 Å². The Morgan fingerprint density at radius 1 is 1.07 bits per heavy atom. The molecule has 0 saturated heterocycles. The molecule has 0 aliphatic carbocycles. The highest BCUT2D eigenvalue weighted by atomic mass is 14.0. The van der Waals surface area contributed by atoms with E-state index in [1.165, 1.54) is 16.7 Å². The summed E-state index contributed by atoms with van der Waals surface area (Å²) in [5, 5.41) is 0. The lowest BCUT2D eigenvalue weighted by molar-refractivity contribution is 1.13. The van der Waals surface area contributed by atoms with Gasteiger partial charge in [0, 0.05) is 0 Å². The maximum absolute atomic E-state index is 3.89. The molecule has 0 amide bonds. The summed E-state index contributed by atoms with van der Waals surface area (Å²) in [5.74, 6) is 0. The van der Waals surface area contributed by atoms with E-state index in [4.69, 9.17) is 0 Å². The predicted octanol–water partition coefficient (Wildman–Crippen LogP) is 5.17. The van der Waals surface area contributed by atoms with Crippen LogP contribution in [0.4, 0.5) is 0 Å². The maximum Gasteiger partial charge on any atom is -0.00700 e. The smallest absolute Gasteiger partial charge is 0.00700 e. The van der Waals surface area contributed by atoms with Crippen molar-refractivity contribution in [3.05, 3.63) is 47.5 Å². The Hall–Kier alpha value is -1.04. The molecule has 0 aliphatic rings.